The third-order valence-corrected chi connectivity index (χ3v) is 4.69. The van der Waals surface area contributed by atoms with Crippen molar-refractivity contribution < 1.29 is 24.2 Å². The Morgan fingerprint density at radius 1 is 1.06 bits per heavy atom. The van der Waals surface area contributed by atoms with Gasteiger partial charge >= 0.3 is 5.97 Å². The van der Waals surface area contributed by atoms with Gasteiger partial charge in [-0.25, -0.2) is 9.97 Å². The minimum Gasteiger partial charge on any atom is -0.494 e. The molecular formula is C23H23N3O5. The monoisotopic (exact) mass is 421 g/mol. The van der Waals surface area contributed by atoms with Crippen molar-refractivity contribution in [2.45, 2.75) is 19.4 Å². The van der Waals surface area contributed by atoms with Crippen molar-refractivity contribution in [1.82, 2.24) is 15.3 Å². The van der Waals surface area contributed by atoms with E-state index >= 15 is 0 Å². The summed E-state index contributed by atoms with van der Waals surface area (Å²) in [6.07, 6.45) is 1.33. The molecule has 3 rings (SSSR count). The second-order valence-corrected chi connectivity index (χ2v) is 6.84. The van der Waals surface area contributed by atoms with Gasteiger partial charge in [-0.1, -0.05) is 29.8 Å². The molecule has 0 unspecified atom stereocenters. The lowest BCUT2D eigenvalue weighted by Crippen LogP contribution is -2.31. The molecule has 8 nitrogen and oxygen atoms in total. The highest BCUT2D eigenvalue weighted by molar-refractivity contribution is 5.94. The number of nitrogens with one attached hydrogen (secondary N) is 1. The summed E-state index contributed by atoms with van der Waals surface area (Å²) in [5.41, 5.74) is 2.81. The molecule has 0 saturated heterocycles. The van der Waals surface area contributed by atoms with Crippen molar-refractivity contribution in [3.05, 3.63) is 71.5 Å². The van der Waals surface area contributed by atoms with Gasteiger partial charge in [0, 0.05) is 6.20 Å². The molecule has 2 N–H and O–H groups in total. The van der Waals surface area contributed by atoms with Gasteiger partial charge < -0.3 is 19.9 Å². The topological polar surface area (TPSA) is 111 Å². The molecule has 1 atom stereocenters. The van der Waals surface area contributed by atoms with Crippen LogP contribution >= 0.6 is 0 Å². The van der Waals surface area contributed by atoms with E-state index in [0.717, 1.165) is 5.56 Å². The third-order valence-electron chi connectivity index (χ3n) is 4.69. The highest BCUT2D eigenvalue weighted by Crippen LogP contribution is 2.33. The summed E-state index contributed by atoms with van der Waals surface area (Å²) in [5.74, 6) is -0.731. The van der Waals surface area contributed by atoms with Crippen LogP contribution in [-0.2, 0) is 4.79 Å². The van der Waals surface area contributed by atoms with Crippen molar-refractivity contribution in [2.75, 3.05) is 14.2 Å². The zero-order chi connectivity index (χ0) is 22.4. The minimum atomic E-state index is -1.02. The van der Waals surface area contributed by atoms with E-state index in [4.69, 9.17) is 9.47 Å². The van der Waals surface area contributed by atoms with E-state index in [0.29, 0.717) is 28.5 Å². The lowest BCUT2D eigenvalue weighted by molar-refractivity contribution is -0.137. The Morgan fingerprint density at radius 3 is 2.45 bits per heavy atom. The number of hydrogen-bond donors (Lipinski definition) is 2. The number of rotatable bonds is 8. The van der Waals surface area contributed by atoms with Crippen LogP contribution in [0.4, 0.5) is 0 Å². The number of nitrogens with zero attached hydrogens (tertiary/aromatic N) is 2. The molecule has 0 radical (unpaired) electrons. The number of carboxylic acid groups (broad SMARTS) is 1. The van der Waals surface area contributed by atoms with Crippen LogP contribution in [0.25, 0.3) is 11.3 Å². The van der Waals surface area contributed by atoms with Gasteiger partial charge in [0.15, 0.2) is 0 Å². The van der Waals surface area contributed by atoms with Gasteiger partial charge in [0.1, 0.15) is 17.1 Å². The molecule has 0 bridgehead atoms. The Hall–Kier alpha value is -3.94. The first kappa shape index (κ1) is 21.8. The van der Waals surface area contributed by atoms with Crippen LogP contribution in [0.2, 0.25) is 0 Å². The van der Waals surface area contributed by atoms with Crippen LogP contribution < -0.4 is 14.8 Å². The zero-order valence-electron chi connectivity index (χ0n) is 17.5. The van der Waals surface area contributed by atoms with Crippen molar-refractivity contribution in [3.63, 3.8) is 0 Å². The molecule has 1 amide bonds. The number of aliphatic carboxylic acids is 1. The summed E-state index contributed by atoms with van der Waals surface area (Å²) in [5, 5.41) is 12.1. The molecule has 0 aliphatic rings. The summed E-state index contributed by atoms with van der Waals surface area (Å²) in [7, 11) is 3.00. The average molecular weight is 421 g/mol. The lowest BCUT2D eigenvalue weighted by atomic mass is 10.0. The Balaban J connectivity index is 1.95. The predicted octanol–water partition coefficient (Wildman–Crippen LogP) is 3.42. The maximum absolute atomic E-state index is 13.0. The number of methoxy groups -OCH3 is 2. The summed E-state index contributed by atoms with van der Waals surface area (Å²) in [4.78, 5) is 32.9. The van der Waals surface area contributed by atoms with Crippen LogP contribution in [0.1, 0.15) is 34.1 Å². The fourth-order valence-corrected chi connectivity index (χ4v) is 3.12. The summed E-state index contributed by atoms with van der Waals surface area (Å²) in [6.45, 7) is 1.93. The highest BCUT2D eigenvalue weighted by Gasteiger charge is 2.22. The molecule has 2 aromatic heterocycles. The standard InChI is InChI=1S/C23H23N3O5/c1-14-6-8-15(9-7-14)18(13-20(27)28)26-22(29)17-10-11-19(30-2)21(25-17)16-5-4-12-24-23(16)31-3/h4-12,18H,13H2,1-3H3,(H,26,29)(H,27,28)/t18-/m0/s1. The molecule has 2 heterocycles. The Bertz CT molecular complexity index is 1080. The minimum absolute atomic E-state index is 0.115. The first-order chi connectivity index (χ1) is 14.9. The van der Waals surface area contributed by atoms with Gasteiger partial charge in [-0.15, -0.1) is 0 Å². The molecule has 8 heteroatoms. The van der Waals surface area contributed by atoms with Crippen molar-refractivity contribution >= 4 is 11.9 Å². The SMILES string of the molecule is COc1ccc(C(=O)N[C@@H](CC(=O)O)c2ccc(C)cc2)nc1-c1cccnc1OC. The van der Waals surface area contributed by atoms with E-state index in [9.17, 15) is 14.7 Å². The summed E-state index contributed by atoms with van der Waals surface area (Å²) >= 11 is 0. The number of carboxylic acids is 1. The molecule has 160 valence electrons. The second kappa shape index (κ2) is 9.71. The maximum atomic E-state index is 13.0. The third kappa shape index (κ3) is 5.16. The van der Waals surface area contributed by atoms with Gasteiger partial charge in [0.25, 0.3) is 5.91 Å². The number of hydrogen-bond acceptors (Lipinski definition) is 6. The maximum Gasteiger partial charge on any atom is 0.305 e. The molecule has 0 spiro atoms. The number of carbonyl (C=O) groups is 2. The Kier molecular flexibility index (Phi) is 6.81. The van der Waals surface area contributed by atoms with E-state index in [2.05, 4.69) is 15.3 Å². The number of benzene rings is 1. The Labute approximate surface area is 179 Å². The first-order valence-electron chi connectivity index (χ1n) is 9.56. The Morgan fingerprint density at radius 2 is 1.81 bits per heavy atom. The largest absolute Gasteiger partial charge is 0.494 e. The molecule has 0 fully saturated rings. The van der Waals surface area contributed by atoms with Gasteiger partial charge in [-0.05, 0) is 36.8 Å². The normalized spacial score (nSPS) is 11.5. The molecule has 0 saturated carbocycles. The number of aryl methyl sites for hydroxylation is 1. The van der Waals surface area contributed by atoms with Crippen molar-refractivity contribution in [3.8, 4) is 22.9 Å². The molecule has 3 aromatic rings. The van der Waals surface area contributed by atoms with E-state index in [1.54, 1.807) is 36.5 Å². The van der Waals surface area contributed by atoms with E-state index in [1.165, 1.54) is 20.3 Å². The number of amides is 1. The number of pyridine rings is 2. The molecular weight excluding hydrogens is 398 g/mol. The van der Waals surface area contributed by atoms with Gasteiger partial charge in [0.2, 0.25) is 5.88 Å². The smallest absolute Gasteiger partial charge is 0.305 e. The second-order valence-electron chi connectivity index (χ2n) is 6.84. The first-order valence-corrected chi connectivity index (χ1v) is 9.56. The van der Waals surface area contributed by atoms with Crippen molar-refractivity contribution in [1.29, 1.82) is 0 Å². The predicted molar refractivity (Wildman–Crippen MR) is 114 cm³/mol. The van der Waals surface area contributed by atoms with Crippen molar-refractivity contribution in [2.24, 2.45) is 0 Å². The van der Waals surface area contributed by atoms with Gasteiger partial charge in [-0.3, -0.25) is 9.59 Å². The fraction of sp³-hybridized carbons (Fsp3) is 0.217. The summed E-state index contributed by atoms with van der Waals surface area (Å²) < 4.78 is 10.7. The molecule has 31 heavy (non-hydrogen) atoms. The van der Waals surface area contributed by atoms with Crippen LogP contribution in [0, 0.1) is 6.92 Å². The highest BCUT2D eigenvalue weighted by atomic mass is 16.5. The lowest BCUT2D eigenvalue weighted by Gasteiger charge is -2.18. The fourth-order valence-electron chi connectivity index (χ4n) is 3.12. The molecule has 0 aliphatic heterocycles. The number of carbonyl (C=O) groups excluding carboxylic acids is 1. The van der Waals surface area contributed by atoms with Crippen LogP contribution in [0.5, 0.6) is 11.6 Å². The zero-order valence-corrected chi connectivity index (χ0v) is 17.5. The van der Waals surface area contributed by atoms with Gasteiger partial charge in [0.05, 0.1) is 32.2 Å². The number of ether oxygens (including phenoxy) is 2. The van der Waals surface area contributed by atoms with Crippen LogP contribution in [0.15, 0.2) is 54.7 Å². The average Bonchev–Trinajstić information content (AvgIpc) is 2.78. The van der Waals surface area contributed by atoms with Crippen LogP contribution in [0.3, 0.4) is 0 Å². The van der Waals surface area contributed by atoms with E-state index in [-0.39, 0.29) is 12.1 Å². The van der Waals surface area contributed by atoms with Gasteiger partial charge in [-0.2, -0.15) is 0 Å². The molecule has 1 aromatic carbocycles. The van der Waals surface area contributed by atoms with Crippen LogP contribution in [-0.4, -0.2) is 41.2 Å². The number of aromatic nitrogens is 2. The van der Waals surface area contributed by atoms with E-state index < -0.39 is 17.9 Å². The van der Waals surface area contributed by atoms with E-state index in [1.807, 2.05) is 19.1 Å². The molecule has 0 aliphatic carbocycles. The summed E-state index contributed by atoms with van der Waals surface area (Å²) in [6, 6.07) is 13.3. The quantitative estimate of drug-likeness (QED) is 0.573.